The number of aliphatic hydroxyl groups is 1. The average molecular weight is 454 g/mol. The predicted octanol–water partition coefficient (Wildman–Crippen LogP) is 2.55. The molecule has 2 rings (SSSR count). The highest BCUT2D eigenvalue weighted by molar-refractivity contribution is 14.0. The van der Waals surface area contributed by atoms with Gasteiger partial charge in [0.05, 0.1) is 12.1 Å². The van der Waals surface area contributed by atoms with E-state index in [-0.39, 0.29) is 24.0 Å². The van der Waals surface area contributed by atoms with Gasteiger partial charge in [0, 0.05) is 44.2 Å². The number of halogens is 2. The molecule has 1 fully saturated rings. The molecule has 0 spiro atoms. The topological polar surface area (TPSA) is 65.9 Å². The molecule has 1 aliphatic rings. The molecule has 0 atom stereocenters. The fraction of sp³-hybridized carbons (Fsp3) is 0.562. The van der Waals surface area contributed by atoms with Gasteiger partial charge in [0.15, 0.2) is 5.96 Å². The summed E-state index contributed by atoms with van der Waals surface area (Å²) in [5, 5.41) is 17.6. The summed E-state index contributed by atoms with van der Waals surface area (Å²) >= 11 is 5.88. The Labute approximate surface area is 159 Å². The summed E-state index contributed by atoms with van der Waals surface area (Å²) < 4.78 is 5.29. The molecule has 1 heterocycles. The van der Waals surface area contributed by atoms with Gasteiger partial charge in [-0.3, -0.25) is 0 Å². The summed E-state index contributed by atoms with van der Waals surface area (Å²) in [7, 11) is 0. The second-order valence-electron chi connectivity index (χ2n) is 5.51. The van der Waals surface area contributed by atoms with Gasteiger partial charge in [-0.05, 0) is 24.6 Å². The van der Waals surface area contributed by atoms with Gasteiger partial charge in [-0.2, -0.15) is 0 Å². The summed E-state index contributed by atoms with van der Waals surface area (Å²) in [6, 6.07) is 7.64. The van der Waals surface area contributed by atoms with Crippen LogP contribution in [0.2, 0.25) is 5.02 Å². The lowest BCUT2D eigenvalue weighted by molar-refractivity contribution is -0.0594. The molecule has 23 heavy (non-hydrogen) atoms. The number of hydrogen-bond donors (Lipinski definition) is 3. The number of rotatable bonds is 5. The maximum absolute atomic E-state index is 10.5. The summed E-state index contributed by atoms with van der Waals surface area (Å²) in [4.78, 5) is 4.54. The molecule has 0 amide bonds. The molecular weight excluding hydrogens is 429 g/mol. The number of hydrogen-bond acceptors (Lipinski definition) is 3. The van der Waals surface area contributed by atoms with Gasteiger partial charge < -0.3 is 20.5 Å². The minimum Gasteiger partial charge on any atom is -0.388 e. The SMILES string of the molecule is CCNC(=NCc1ccc(Cl)cc1)NCC1(O)CCOCC1.I. The summed E-state index contributed by atoms with van der Waals surface area (Å²) in [6.07, 6.45) is 1.30. The van der Waals surface area contributed by atoms with Gasteiger partial charge in [-0.1, -0.05) is 23.7 Å². The molecule has 0 radical (unpaired) electrons. The van der Waals surface area contributed by atoms with Crippen LogP contribution in [-0.2, 0) is 11.3 Å². The number of benzene rings is 1. The highest BCUT2D eigenvalue weighted by atomic mass is 127. The summed E-state index contributed by atoms with van der Waals surface area (Å²) in [5.74, 6) is 0.706. The molecule has 7 heteroatoms. The summed E-state index contributed by atoms with van der Waals surface area (Å²) in [6.45, 7) is 5.04. The zero-order chi connectivity index (χ0) is 15.8. The number of guanidine groups is 1. The quantitative estimate of drug-likeness (QED) is 0.364. The Bertz CT molecular complexity index is 491. The lowest BCUT2D eigenvalue weighted by atomic mass is 9.94. The zero-order valence-corrected chi connectivity index (χ0v) is 16.4. The van der Waals surface area contributed by atoms with E-state index in [0.717, 1.165) is 17.1 Å². The second-order valence-corrected chi connectivity index (χ2v) is 5.95. The Balaban J connectivity index is 0.00000264. The normalized spacial score (nSPS) is 17.3. The smallest absolute Gasteiger partial charge is 0.191 e. The molecule has 0 aromatic heterocycles. The maximum Gasteiger partial charge on any atom is 0.191 e. The number of nitrogens with zero attached hydrogens (tertiary/aromatic N) is 1. The lowest BCUT2D eigenvalue weighted by Crippen LogP contribution is -2.49. The van der Waals surface area contributed by atoms with E-state index < -0.39 is 5.60 Å². The first-order valence-corrected chi connectivity index (χ1v) is 8.06. The molecule has 1 saturated heterocycles. The second kappa shape index (κ2) is 10.3. The molecule has 0 saturated carbocycles. The Hall–Kier alpha value is -0.570. The van der Waals surface area contributed by atoms with Crippen molar-refractivity contribution in [1.82, 2.24) is 10.6 Å². The fourth-order valence-electron chi connectivity index (χ4n) is 2.28. The highest BCUT2D eigenvalue weighted by Crippen LogP contribution is 2.19. The van der Waals surface area contributed by atoms with E-state index >= 15 is 0 Å². The van der Waals surface area contributed by atoms with Gasteiger partial charge in [-0.25, -0.2) is 4.99 Å². The van der Waals surface area contributed by atoms with Crippen molar-refractivity contribution >= 4 is 41.5 Å². The number of ether oxygens (including phenoxy) is 1. The van der Waals surface area contributed by atoms with Crippen molar-refractivity contribution in [2.24, 2.45) is 4.99 Å². The van der Waals surface area contributed by atoms with Crippen molar-refractivity contribution in [1.29, 1.82) is 0 Å². The Morgan fingerprint density at radius 3 is 2.52 bits per heavy atom. The van der Waals surface area contributed by atoms with E-state index in [2.05, 4.69) is 15.6 Å². The zero-order valence-electron chi connectivity index (χ0n) is 13.3. The largest absolute Gasteiger partial charge is 0.388 e. The molecule has 1 aliphatic heterocycles. The van der Waals surface area contributed by atoms with Crippen molar-refractivity contribution in [3.05, 3.63) is 34.9 Å². The van der Waals surface area contributed by atoms with Crippen molar-refractivity contribution in [3.8, 4) is 0 Å². The molecule has 5 nitrogen and oxygen atoms in total. The van der Waals surface area contributed by atoms with Gasteiger partial charge in [0.25, 0.3) is 0 Å². The van der Waals surface area contributed by atoms with Crippen LogP contribution in [0.4, 0.5) is 0 Å². The molecule has 130 valence electrons. The average Bonchev–Trinajstić information content (AvgIpc) is 2.52. The van der Waals surface area contributed by atoms with E-state index in [1.165, 1.54) is 0 Å². The molecular formula is C16H25ClIN3O2. The van der Waals surface area contributed by atoms with Crippen molar-refractivity contribution in [2.75, 3.05) is 26.3 Å². The van der Waals surface area contributed by atoms with Crippen LogP contribution >= 0.6 is 35.6 Å². The first-order chi connectivity index (χ1) is 10.6. The van der Waals surface area contributed by atoms with Crippen LogP contribution in [0.15, 0.2) is 29.3 Å². The first kappa shape index (κ1) is 20.5. The van der Waals surface area contributed by atoms with Gasteiger partial charge in [-0.15, -0.1) is 24.0 Å². The number of aliphatic imine (C=N–C) groups is 1. The standard InChI is InChI=1S/C16H24ClN3O2.HI/c1-2-18-15(19-11-13-3-5-14(17)6-4-13)20-12-16(21)7-9-22-10-8-16;/h3-6,21H,2,7-12H2,1H3,(H2,18,19,20);1H. The number of nitrogens with one attached hydrogen (secondary N) is 2. The van der Waals surface area contributed by atoms with Crippen LogP contribution in [0.3, 0.4) is 0 Å². The monoisotopic (exact) mass is 453 g/mol. The van der Waals surface area contributed by atoms with E-state index in [4.69, 9.17) is 16.3 Å². The van der Waals surface area contributed by atoms with Crippen LogP contribution in [-0.4, -0.2) is 43.0 Å². The maximum atomic E-state index is 10.5. The van der Waals surface area contributed by atoms with E-state index in [1.807, 2.05) is 31.2 Å². The third-order valence-electron chi connectivity index (χ3n) is 3.69. The minimum atomic E-state index is -0.714. The van der Waals surface area contributed by atoms with Crippen LogP contribution in [0, 0.1) is 0 Å². The van der Waals surface area contributed by atoms with Crippen LogP contribution in [0.25, 0.3) is 0 Å². The highest BCUT2D eigenvalue weighted by Gasteiger charge is 2.29. The van der Waals surface area contributed by atoms with E-state index in [0.29, 0.717) is 45.1 Å². The first-order valence-electron chi connectivity index (χ1n) is 7.68. The minimum absolute atomic E-state index is 0. The van der Waals surface area contributed by atoms with Crippen LogP contribution < -0.4 is 10.6 Å². The Morgan fingerprint density at radius 2 is 1.91 bits per heavy atom. The molecule has 3 N–H and O–H groups in total. The van der Waals surface area contributed by atoms with E-state index in [9.17, 15) is 5.11 Å². The van der Waals surface area contributed by atoms with Gasteiger partial charge >= 0.3 is 0 Å². The molecule has 0 aliphatic carbocycles. The van der Waals surface area contributed by atoms with Crippen molar-refractivity contribution < 1.29 is 9.84 Å². The lowest BCUT2D eigenvalue weighted by Gasteiger charge is -2.32. The Kier molecular flexibility index (Phi) is 9.19. The molecule has 1 aromatic rings. The Morgan fingerprint density at radius 1 is 1.26 bits per heavy atom. The molecule has 1 aromatic carbocycles. The van der Waals surface area contributed by atoms with E-state index in [1.54, 1.807) is 0 Å². The predicted molar refractivity (Wildman–Crippen MR) is 105 cm³/mol. The van der Waals surface area contributed by atoms with Crippen molar-refractivity contribution in [2.45, 2.75) is 31.9 Å². The van der Waals surface area contributed by atoms with Gasteiger partial charge in [0.2, 0.25) is 0 Å². The van der Waals surface area contributed by atoms with Gasteiger partial charge in [0.1, 0.15) is 0 Å². The van der Waals surface area contributed by atoms with Crippen LogP contribution in [0.1, 0.15) is 25.3 Å². The third-order valence-corrected chi connectivity index (χ3v) is 3.94. The van der Waals surface area contributed by atoms with Crippen LogP contribution in [0.5, 0.6) is 0 Å². The third kappa shape index (κ3) is 7.24. The fourth-order valence-corrected chi connectivity index (χ4v) is 2.40. The molecule has 0 bridgehead atoms. The molecule has 0 unspecified atom stereocenters. The summed E-state index contributed by atoms with van der Waals surface area (Å²) in [5.41, 5.74) is 0.376. The van der Waals surface area contributed by atoms with Crippen molar-refractivity contribution in [3.63, 3.8) is 0 Å².